The molecule has 1 amide bonds. The maximum absolute atomic E-state index is 14.6. The van der Waals surface area contributed by atoms with Gasteiger partial charge in [-0.25, -0.2) is 4.98 Å². The van der Waals surface area contributed by atoms with Crippen LogP contribution in [0.15, 0.2) is 29.3 Å². The number of hydrogen-bond acceptors (Lipinski definition) is 7. The van der Waals surface area contributed by atoms with Gasteiger partial charge in [0.15, 0.2) is 0 Å². The highest BCUT2D eigenvalue weighted by atomic mass is 19.1. The van der Waals surface area contributed by atoms with Gasteiger partial charge in [0.2, 0.25) is 11.8 Å². The van der Waals surface area contributed by atoms with Crippen molar-refractivity contribution in [1.29, 1.82) is 0 Å². The van der Waals surface area contributed by atoms with E-state index in [9.17, 15) is 14.0 Å². The van der Waals surface area contributed by atoms with Gasteiger partial charge in [0, 0.05) is 50.5 Å². The number of carbonyl (C=O) groups is 1. The number of aromatic amines is 1. The average molecular weight is 452 g/mol. The second kappa shape index (κ2) is 8.86. The zero-order chi connectivity index (χ0) is 22.9. The third-order valence-corrected chi connectivity index (χ3v) is 6.17. The molecule has 2 aliphatic rings. The van der Waals surface area contributed by atoms with Gasteiger partial charge < -0.3 is 15.2 Å². The molecule has 4 heterocycles. The van der Waals surface area contributed by atoms with Gasteiger partial charge in [0.1, 0.15) is 5.69 Å². The standard InChI is InChI=1S/C23H26FN7O2/c1-2-15-10-17-18(28-22(15)32)9-14(11-25-17)13-30-5-7-31(8-6-30)19-12-26-21(29-20(19)24)23(33)27-16-3-4-16/h9-12,16H,2-8,13H2,1H3,(H,27,33)(H,28,32). The van der Waals surface area contributed by atoms with Gasteiger partial charge in [-0.3, -0.25) is 19.5 Å². The molecule has 5 rings (SSSR count). The molecule has 1 aliphatic carbocycles. The summed E-state index contributed by atoms with van der Waals surface area (Å²) in [5.74, 6) is -1.23. The number of piperazine rings is 1. The van der Waals surface area contributed by atoms with Crippen molar-refractivity contribution in [3.05, 3.63) is 57.8 Å². The maximum Gasteiger partial charge on any atom is 0.289 e. The van der Waals surface area contributed by atoms with Crippen molar-refractivity contribution in [2.24, 2.45) is 0 Å². The summed E-state index contributed by atoms with van der Waals surface area (Å²) in [6.07, 6.45) is 5.80. The summed E-state index contributed by atoms with van der Waals surface area (Å²) >= 11 is 0. The van der Waals surface area contributed by atoms with Crippen LogP contribution in [0.4, 0.5) is 10.1 Å². The number of carbonyl (C=O) groups excluding carboxylic acids is 1. The third kappa shape index (κ3) is 4.70. The van der Waals surface area contributed by atoms with Crippen molar-refractivity contribution in [3.63, 3.8) is 0 Å². The number of pyridine rings is 2. The highest BCUT2D eigenvalue weighted by Crippen LogP contribution is 2.21. The van der Waals surface area contributed by atoms with Crippen LogP contribution in [0.1, 0.15) is 41.5 Å². The lowest BCUT2D eigenvalue weighted by molar-refractivity contribution is 0.0939. The molecule has 0 unspecified atom stereocenters. The smallest absolute Gasteiger partial charge is 0.289 e. The number of nitrogens with one attached hydrogen (secondary N) is 2. The summed E-state index contributed by atoms with van der Waals surface area (Å²) in [6, 6.07) is 3.98. The molecule has 0 bridgehead atoms. The van der Waals surface area contributed by atoms with E-state index < -0.39 is 11.9 Å². The first kappa shape index (κ1) is 21.4. The molecule has 0 aromatic carbocycles. The average Bonchev–Trinajstić information content (AvgIpc) is 3.63. The summed E-state index contributed by atoms with van der Waals surface area (Å²) < 4.78 is 14.6. The Morgan fingerprint density at radius 3 is 2.67 bits per heavy atom. The number of aryl methyl sites for hydroxylation is 1. The Balaban J connectivity index is 1.21. The number of rotatable bonds is 6. The molecule has 3 aromatic heterocycles. The lowest BCUT2D eigenvalue weighted by Crippen LogP contribution is -2.46. The van der Waals surface area contributed by atoms with Crippen LogP contribution in [0, 0.1) is 5.95 Å². The monoisotopic (exact) mass is 451 g/mol. The van der Waals surface area contributed by atoms with E-state index in [1.807, 2.05) is 30.2 Å². The molecule has 1 saturated heterocycles. The van der Waals surface area contributed by atoms with Crippen LogP contribution in [0.5, 0.6) is 0 Å². The number of amides is 1. The minimum Gasteiger partial charge on any atom is -0.364 e. The first-order chi connectivity index (χ1) is 16.0. The summed E-state index contributed by atoms with van der Waals surface area (Å²) in [4.78, 5) is 43.6. The van der Waals surface area contributed by atoms with Crippen molar-refractivity contribution < 1.29 is 9.18 Å². The van der Waals surface area contributed by atoms with Gasteiger partial charge in [0.05, 0.1) is 17.2 Å². The molecule has 0 spiro atoms. The largest absolute Gasteiger partial charge is 0.364 e. The minimum atomic E-state index is -0.673. The normalized spacial score (nSPS) is 16.8. The quantitative estimate of drug-likeness (QED) is 0.549. The van der Waals surface area contributed by atoms with Crippen LogP contribution >= 0.6 is 0 Å². The molecule has 2 N–H and O–H groups in total. The number of hydrogen-bond donors (Lipinski definition) is 2. The number of anilines is 1. The van der Waals surface area contributed by atoms with Crippen LogP contribution in [-0.2, 0) is 13.0 Å². The zero-order valence-corrected chi connectivity index (χ0v) is 18.5. The molecule has 1 aliphatic heterocycles. The Morgan fingerprint density at radius 1 is 1.18 bits per heavy atom. The number of halogens is 1. The molecular weight excluding hydrogens is 425 g/mol. The van der Waals surface area contributed by atoms with Gasteiger partial charge in [-0.05, 0) is 37.0 Å². The predicted octanol–water partition coefficient (Wildman–Crippen LogP) is 1.63. The molecule has 10 heteroatoms. The number of H-pyrrole nitrogens is 1. The van der Waals surface area contributed by atoms with Crippen LogP contribution in [0.2, 0.25) is 0 Å². The Bertz CT molecular complexity index is 1250. The van der Waals surface area contributed by atoms with Crippen molar-refractivity contribution in [1.82, 2.24) is 30.2 Å². The van der Waals surface area contributed by atoms with Crippen molar-refractivity contribution in [2.75, 3.05) is 31.1 Å². The summed E-state index contributed by atoms with van der Waals surface area (Å²) in [5.41, 5.74) is 3.50. The molecule has 0 atom stereocenters. The van der Waals surface area contributed by atoms with Gasteiger partial charge in [0.25, 0.3) is 11.5 Å². The zero-order valence-electron chi connectivity index (χ0n) is 18.5. The van der Waals surface area contributed by atoms with Crippen LogP contribution in [0.25, 0.3) is 11.0 Å². The highest BCUT2D eigenvalue weighted by molar-refractivity contribution is 5.90. The van der Waals surface area contributed by atoms with Crippen LogP contribution in [0.3, 0.4) is 0 Å². The number of aromatic nitrogens is 4. The molecule has 9 nitrogen and oxygen atoms in total. The van der Waals surface area contributed by atoms with E-state index in [2.05, 4.69) is 30.2 Å². The molecule has 3 aromatic rings. The van der Waals surface area contributed by atoms with Gasteiger partial charge in [-0.15, -0.1) is 0 Å². The van der Waals surface area contributed by atoms with Crippen LogP contribution in [-0.4, -0.2) is 63.0 Å². The maximum atomic E-state index is 14.6. The predicted molar refractivity (Wildman–Crippen MR) is 122 cm³/mol. The fourth-order valence-electron chi connectivity index (χ4n) is 4.07. The van der Waals surface area contributed by atoms with E-state index >= 15 is 0 Å². The first-order valence-electron chi connectivity index (χ1n) is 11.3. The fourth-order valence-corrected chi connectivity index (χ4v) is 4.07. The summed E-state index contributed by atoms with van der Waals surface area (Å²) in [6.45, 7) is 5.33. The second-order valence-corrected chi connectivity index (χ2v) is 8.63. The molecular formula is C23H26FN7O2. The van der Waals surface area contributed by atoms with Crippen molar-refractivity contribution in [3.8, 4) is 0 Å². The van der Waals surface area contributed by atoms with E-state index in [1.54, 1.807) is 0 Å². The van der Waals surface area contributed by atoms with Crippen molar-refractivity contribution in [2.45, 2.75) is 38.8 Å². The van der Waals surface area contributed by atoms with E-state index in [1.165, 1.54) is 6.20 Å². The highest BCUT2D eigenvalue weighted by Gasteiger charge is 2.26. The molecule has 0 radical (unpaired) electrons. The molecule has 172 valence electrons. The second-order valence-electron chi connectivity index (χ2n) is 8.63. The molecule has 1 saturated carbocycles. The lowest BCUT2D eigenvalue weighted by atomic mass is 10.1. The number of fused-ring (bicyclic) bond motifs is 1. The van der Waals surface area contributed by atoms with E-state index in [0.717, 1.165) is 48.1 Å². The van der Waals surface area contributed by atoms with E-state index in [4.69, 9.17) is 0 Å². The van der Waals surface area contributed by atoms with E-state index in [-0.39, 0.29) is 17.4 Å². The Morgan fingerprint density at radius 2 is 1.97 bits per heavy atom. The Labute approximate surface area is 190 Å². The third-order valence-electron chi connectivity index (χ3n) is 6.17. The first-order valence-corrected chi connectivity index (χ1v) is 11.3. The van der Waals surface area contributed by atoms with Gasteiger partial charge in [-0.2, -0.15) is 9.37 Å². The van der Waals surface area contributed by atoms with Gasteiger partial charge >= 0.3 is 0 Å². The Hall–Kier alpha value is -3.40. The number of nitrogens with zero attached hydrogens (tertiary/aromatic N) is 5. The topological polar surface area (TPSA) is 107 Å². The SMILES string of the molecule is CCc1cc2ncc(CN3CCN(c4cnc(C(=O)NC5CC5)nc4F)CC3)cc2[nH]c1=O. The Kier molecular flexibility index (Phi) is 5.76. The fraction of sp³-hybridized carbons (Fsp3) is 0.435. The summed E-state index contributed by atoms with van der Waals surface area (Å²) in [7, 11) is 0. The van der Waals surface area contributed by atoms with Gasteiger partial charge in [-0.1, -0.05) is 6.92 Å². The van der Waals surface area contributed by atoms with Crippen molar-refractivity contribution >= 4 is 22.6 Å². The van der Waals surface area contributed by atoms with Crippen LogP contribution < -0.4 is 15.8 Å². The minimum absolute atomic E-state index is 0.0714. The van der Waals surface area contributed by atoms with E-state index in [0.29, 0.717) is 31.7 Å². The lowest BCUT2D eigenvalue weighted by Gasteiger charge is -2.35. The molecule has 33 heavy (non-hydrogen) atoms. The molecule has 2 fully saturated rings. The summed E-state index contributed by atoms with van der Waals surface area (Å²) in [5, 5.41) is 2.77.